The number of nitrogens with zero attached hydrogens (tertiary/aromatic N) is 5. The maximum Gasteiger partial charge on any atom is 0.213 e. The van der Waals surface area contributed by atoms with Crippen LogP contribution in [0.4, 0.5) is 10.2 Å². The fourth-order valence-electron chi connectivity index (χ4n) is 2.40. The van der Waals surface area contributed by atoms with E-state index in [-0.39, 0.29) is 0 Å². The van der Waals surface area contributed by atoms with Crippen LogP contribution >= 0.6 is 0 Å². The lowest BCUT2D eigenvalue weighted by Gasteiger charge is -2.11. The summed E-state index contributed by atoms with van der Waals surface area (Å²) in [6, 6.07) is 4.65. The van der Waals surface area contributed by atoms with Crippen molar-refractivity contribution in [1.29, 1.82) is 0 Å². The van der Waals surface area contributed by atoms with Gasteiger partial charge in [0.25, 0.3) is 0 Å². The Balaban J connectivity index is 1.95. The Bertz CT molecular complexity index is 814. The van der Waals surface area contributed by atoms with Crippen LogP contribution in [0.1, 0.15) is 24.7 Å². The number of nitrogens with two attached hydrogens (primary N) is 1. The zero-order valence-electron chi connectivity index (χ0n) is 12.8. The number of hydrogen-bond acceptors (Lipinski definition) is 5. The maximum atomic E-state index is 13.3. The fraction of sp³-hybridized carbons (Fsp3) is 0.250. The standard InChI is InChI=1S/C16H17FN6/c1-2-4-11-13(20-9-15(18)22-11)10-23-8-7-19-16(23)12-5-3-6-14(17)21-12/h3,5-9H,2,4,10H2,1H3,(H2,18,22). The second-order valence-corrected chi connectivity index (χ2v) is 5.16. The lowest BCUT2D eigenvalue weighted by Crippen LogP contribution is -2.10. The summed E-state index contributed by atoms with van der Waals surface area (Å²) in [6.45, 7) is 2.56. The summed E-state index contributed by atoms with van der Waals surface area (Å²) in [5.74, 6) is 0.469. The van der Waals surface area contributed by atoms with Crippen LogP contribution in [0.15, 0.2) is 36.8 Å². The molecule has 3 heterocycles. The van der Waals surface area contributed by atoms with E-state index in [9.17, 15) is 4.39 Å². The van der Waals surface area contributed by atoms with E-state index in [2.05, 4.69) is 26.9 Å². The Morgan fingerprint density at radius 2 is 2.04 bits per heavy atom. The van der Waals surface area contributed by atoms with E-state index in [1.54, 1.807) is 24.5 Å². The molecule has 0 saturated heterocycles. The fourth-order valence-corrected chi connectivity index (χ4v) is 2.40. The van der Waals surface area contributed by atoms with E-state index in [0.717, 1.165) is 24.2 Å². The normalized spacial score (nSPS) is 10.9. The molecule has 0 spiro atoms. The van der Waals surface area contributed by atoms with Crippen molar-refractivity contribution in [3.05, 3.63) is 54.1 Å². The van der Waals surface area contributed by atoms with Gasteiger partial charge in [0.15, 0.2) is 5.82 Å². The maximum absolute atomic E-state index is 13.3. The highest BCUT2D eigenvalue weighted by atomic mass is 19.1. The molecule has 0 amide bonds. The van der Waals surface area contributed by atoms with Crippen LogP contribution in [0.2, 0.25) is 0 Å². The molecule has 0 aliphatic heterocycles. The molecular formula is C16H17FN6. The van der Waals surface area contributed by atoms with Crippen LogP contribution in [0, 0.1) is 5.95 Å². The van der Waals surface area contributed by atoms with Gasteiger partial charge >= 0.3 is 0 Å². The van der Waals surface area contributed by atoms with Crippen LogP contribution < -0.4 is 5.73 Å². The quantitative estimate of drug-likeness (QED) is 0.732. The molecule has 0 atom stereocenters. The third-order valence-corrected chi connectivity index (χ3v) is 3.42. The zero-order valence-corrected chi connectivity index (χ0v) is 12.8. The van der Waals surface area contributed by atoms with Crippen molar-refractivity contribution in [1.82, 2.24) is 24.5 Å². The lowest BCUT2D eigenvalue weighted by atomic mass is 10.2. The monoisotopic (exact) mass is 312 g/mol. The number of nitrogen functional groups attached to an aromatic ring is 1. The Morgan fingerprint density at radius 1 is 1.17 bits per heavy atom. The van der Waals surface area contributed by atoms with Gasteiger partial charge in [0.05, 0.1) is 24.1 Å². The van der Waals surface area contributed by atoms with Gasteiger partial charge in [-0.1, -0.05) is 19.4 Å². The number of pyridine rings is 1. The molecule has 2 N–H and O–H groups in total. The number of anilines is 1. The van der Waals surface area contributed by atoms with Crippen LogP contribution in [0.25, 0.3) is 11.5 Å². The van der Waals surface area contributed by atoms with E-state index >= 15 is 0 Å². The average Bonchev–Trinajstić information content (AvgIpc) is 2.98. The van der Waals surface area contributed by atoms with Crippen molar-refractivity contribution in [3.8, 4) is 11.5 Å². The van der Waals surface area contributed by atoms with Gasteiger partial charge in [0, 0.05) is 12.4 Å². The Labute approximate surface area is 133 Å². The molecule has 0 aromatic carbocycles. The van der Waals surface area contributed by atoms with Gasteiger partial charge in [0.2, 0.25) is 5.95 Å². The molecule has 0 fully saturated rings. The number of aryl methyl sites for hydroxylation is 1. The Kier molecular flexibility index (Phi) is 4.27. The molecule has 7 heteroatoms. The molecule has 0 aliphatic rings. The van der Waals surface area contributed by atoms with Gasteiger partial charge in [-0.05, 0) is 18.6 Å². The number of aromatic nitrogens is 5. The molecule has 118 valence electrons. The predicted molar refractivity (Wildman–Crippen MR) is 85.0 cm³/mol. The van der Waals surface area contributed by atoms with Crippen molar-refractivity contribution in [2.24, 2.45) is 0 Å². The zero-order chi connectivity index (χ0) is 16.2. The molecule has 0 bridgehead atoms. The molecule has 0 aliphatic carbocycles. The predicted octanol–water partition coefficient (Wildman–Crippen LogP) is 2.46. The first-order chi connectivity index (χ1) is 11.2. The largest absolute Gasteiger partial charge is 0.382 e. The molecule has 0 radical (unpaired) electrons. The molecule has 3 aromatic rings. The third kappa shape index (κ3) is 3.33. The van der Waals surface area contributed by atoms with E-state index in [0.29, 0.717) is 23.9 Å². The van der Waals surface area contributed by atoms with Crippen molar-refractivity contribution < 1.29 is 4.39 Å². The number of halogens is 1. The minimum absolute atomic E-state index is 0.412. The highest BCUT2D eigenvalue weighted by Crippen LogP contribution is 2.18. The SMILES string of the molecule is CCCc1nc(N)cnc1Cn1ccnc1-c1cccc(F)n1. The van der Waals surface area contributed by atoms with E-state index in [4.69, 9.17) is 5.73 Å². The smallest absolute Gasteiger partial charge is 0.213 e. The van der Waals surface area contributed by atoms with E-state index < -0.39 is 5.95 Å². The van der Waals surface area contributed by atoms with Crippen molar-refractivity contribution in [2.45, 2.75) is 26.3 Å². The average molecular weight is 312 g/mol. The summed E-state index contributed by atoms with van der Waals surface area (Å²) in [4.78, 5) is 16.9. The first-order valence-corrected chi connectivity index (χ1v) is 7.41. The number of hydrogen-bond donors (Lipinski definition) is 1. The van der Waals surface area contributed by atoms with Crippen LogP contribution in [-0.2, 0) is 13.0 Å². The summed E-state index contributed by atoms with van der Waals surface area (Å²) < 4.78 is 15.2. The van der Waals surface area contributed by atoms with E-state index in [1.165, 1.54) is 6.07 Å². The Morgan fingerprint density at radius 3 is 2.83 bits per heavy atom. The summed E-state index contributed by atoms with van der Waals surface area (Å²) in [5.41, 5.74) is 7.91. The molecular weight excluding hydrogens is 295 g/mol. The van der Waals surface area contributed by atoms with Gasteiger partial charge in [0.1, 0.15) is 11.5 Å². The molecule has 3 rings (SSSR count). The third-order valence-electron chi connectivity index (χ3n) is 3.42. The van der Waals surface area contributed by atoms with Gasteiger partial charge in [-0.15, -0.1) is 0 Å². The van der Waals surface area contributed by atoms with Crippen LogP contribution in [0.5, 0.6) is 0 Å². The first kappa shape index (κ1) is 15.1. The van der Waals surface area contributed by atoms with Gasteiger partial charge in [-0.2, -0.15) is 4.39 Å². The van der Waals surface area contributed by atoms with Gasteiger partial charge < -0.3 is 10.3 Å². The second kappa shape index (κ2) is 6.51. The van der Waals surface area contributed by atoms with Crippen molar-refractivity contribution >= 4 is 5.82 Å². The molecule has 23 heavy (non-hydrogen) atoms. The summed E-state index contributed by atoms with van der Waals surface area (Å²) in [5, 5.41) is 0. The minimum atomic E-state index is -0.531. The highest BCUT2D eigenvalue weighted by molar-refractivity contribution is 5.49. The molecule has 0 unspecified atom stereocenters. The summed E-state index contributed by atoms with van der Waals surface area (Å²) >= 11 is 0. The topological polar surface area (TPSA) is 82.5 Å². The van der Waals surface area contributed by atoms with Crippen LogP contribution in [0.3, 0.4) is 0 Å². The summed E-state index contributed by atoms with van der Waals surface area (Å²) in [7, 11) is 0. The van der Waals surface area contributed by atoms with Gasteiger partial charge in [-0.25, -0.2) is 15.0 Å². The highest BCUT2D eigenvalue weighted by Gasteiger charge is 2.12. The first-order valence-electron chi connectivity index (χ1n) is 7.41. The number of imidazole rings is 1. The second-order valence-electron chi connectivity index (χ2n) is 5.16. The Hall–Kier alpha value is -2.83. The summed E-state index contributed by atoms with van der Waals surface area (Å²) in [6.07, 6.45) is 6.77. The molecule has 3 aromatic heterocycles. The van der Waals surface area contributed by atoms with Crippen molar-refractivity contribution in [2.75, 3.05) is 5.73 Å². The van der Waals surface area contributed by atoms with Gasteiger partial charge in [-0.3, -0.25) is 4.98 Å². The molecule has 6 nitrogen and oxygen atoms in total. The minimum Gasteiger partial charge on any atom is -0.382 e. The van der Waals surface area contributed by atoms with E-state index in [1.807, 2.05) is 10.8 Å². The lowest BCUT2D eigenvalue weighted by molar-refractivity contribution is 0.584. The molecule has 0 saturated carbocycles. The number of rotatable bonds is 5. The van der Waals surface area contributed by atoms with Crippen molar-refractivity contribution in [3.63, 3.8) is 0 Å². The van der Waals surface area contributed by atoms with Crippen LogP contribution in [-0.4, -0.2) is 24.5 Å².